The van der Waals surface area contributed by atoms with E-state index in [-0.39, 0.29) is 29.3 Å². The molecule has 0 amide bonds. The maximum atomic E-state index is 13.7. The number of nitrogens with zero attached hydrogens (tertiary/aromatic N) is 3. The Balaban J connectivity index is 1.75. The maximum absolute atomic E-state index is 13.7. The van der Waals surface area contributed by atoms with E-state index in [4.69, 9.17) is 31.7 Å². The molecule has 0 saturated carbocycles. The van der Waals surface area contributed by atoms with Crippen LogP contribution in [0.4, 0.5) is 10.2 Å². The van der Waals surface area contributed by atoms with Crippen LogP contribution in [-0.2, 0) is 0 Å². The largest absolute Gasteiger partial charge is 0.512 e. The summed E-state index contributed by atoms with van der Waals surface area (Å²) in [7, 11) is 1.75. The van der Waals surface area contributed by atoms with Gasteiger partial charge in [0.05, 0.1) is 22.1 Å². The van der Waals surface area contributed by atoms with Crippen LogP contribution in [0.1, 0.15) is 44.4 Å². The summed E-state index contributed by atoms with van der Waals surface area (Å²) in [5.74, 6) is 1.48. The molecule has 4 rings (SSSR count). The van der Waals surface area contributed by atoms with Crippen molar-refractivity contribution in [2.45, 2.75) is 46.1 Å². The number of nitrogens with one attached hydrogen (secondary N) is 2. The topological polar surface area (TPSA) is 115 Å². The highest BCUT2D eigenvalue weighted by molar-refractivity contribution is 6.33. The van der Waals surface area contributed by atoms with Crippen LogP contribution in [0.5, 0.6) is 5.75 Å². The number of aliphatic hydroxyl groups is 2. The van der Waals surface area contributed by atoms with E-state index in [1.807, 2.05) is 6.92 Å². The van der Waals surface area contributed by atoms with Crippen molar-refractivity contribution in [2.24, 2.45) is 5.41 Å². The van der Waals surface area contributed by atoms with Crippen molar-refractivity contribution < 1.29 is 19.3 Å². The zero-order valence-corrected chi connectivity index (χ0v) is 23.0. The van der Waals surface area contributed by atoms with Gasteiger partial charge in [0.2, 0.25) is 0 Å². The Bertz CT molecular complexity index is 1290. The molecule has 2 aliphatic rings. The molecule has 1 saturated heterocycles. The zero-order chi connectivity index (χ0) is 27.6. The number of hydrogen-bond acceptors (Lipinski definition) is 8. The number of aromatic nitrogens is 2. The van der Waals surface area contributed by atoms with Gasteiger partial charge in [0.25, 0.3) is 0 Å². The number of anilines is 1. The first-order valence-electron chi connectivity index (χ1n) is 12.7. The first-order chi connectivity index (χ1) is 18.0. The molecule has 0 radical (unpaired) electrons. The van der Waals surface area contributed by atoms with Gasteiger partial charge in [-0.15, -0.1) is 0 Å². The molecule has 1 spiro atoms. The van der Waals surface area contributed by atoms with Gasteiger partial charge in [-0.25, -0.2) is 14.4 Å². The fraction of sp³-hybridized carbons (Fsp3) is 0.464. The molecule has 4 N–H and O–H groups in total. The second kappa shape index (κ2) is 11.4. The van der Waals surface area contributed by atoms with E-state index < -0.39 is 6.10 Å². The molecule has 10 heteroatoms. The van der Waals surface area contributed by atoms with Crippen molar-refractivity contribution in [2.75, 3.05) is 38.2 Å². The molecule has 1 fully saturated rings. The quantitative estimate of drug-likeness (QED) is 0.253. The molecule has 1 aliphatic heterocycles. The highest BCUT2D eigenvalue weighted by Gasteiger charge is 2.45. The summed E-state index contributed by atoms with van der Waals surface area (Å²) >= 11 is 6.60. The number of ether oxygens (including phenoxy) is 1. The number of aliphatic hydroxyl groups excluding tert-OH is 2. The van der Waals surface area contributed by atoms with Crippen LogP contribution in [0, 0.1) is 17.7 Å². The maximum Gasteiger partial charge on any atom is 0.163 e. The van der Waals surface area contributed by atoms with Gasteiger partial charge in [-0.3, -0.25) is 0 Å². The Morgan fingerprint density at radius 3 is 2.66 bits per heavy atom. The monoisotopic (exact) mass is 543 g/mol. The number of hydrogen-bond donors (Lipinski definition) is 4. The number of halogens is 2. The Kier molecular flexibility index (Phi) is 8.40. The third kappa shape index (κ3) is 5.85. The summed E-state index contributed by atoms with van der Waals surface area (Å²) in [4.78, 5) is 11.8. The zero-order valence-electron chi connectivity index (χ0n) is 22.2. The minimum absolute atomic E-state index is 0.00845. The standard InChI is InChI=1S/C28H35ClFN5O3/c1-16-25(24(17(2)31)18(3)36)33-26(22-11-21(5-6-23(22)29)38-13-20(37)12-32-4)34-27(16)35-14-28(15-35)9-7-19(30)8-10-28/h5-7,11,20,31-32,36-37H,8-10,12-15H2,1-4H3/b24-18+,31-17?/t20-/m1/s1. The lowest BCUT2D eigenvalue weighted by Crippen LogP contribution is -2.57. The molecule has 0 bridgehead atoms. The predicted octanol–water partition coefficient (Wildman–Crippen LogP) is 5.24. The molecular formula is C28H35ClFN5O3. The summed E-state index contributed by atoms with van der Waals surface area (Å²) < 4.78 is 19.4. The second-order valence-corrected chi connectivity index (χ2v) is 10.7. The Hall–Kier alpha value is -3.01. The van der Waals surface area contributed by atoms with Crippen molar-refractivity contribution in [1.82, 2.24) is 15.3 Å². The van der Waals surface area contributed by atoms with Gasteiger partial charge in [-0.05, 0) is 65.3 Å². The summed E-state index contributed by atoms with van der Waals surface area (Å²) in [6.45, 7) is 6.98. The van der Waals surface area contributed by atoms with Gasteiger partial charge in [-0.1, -0.05) is 17.7 Å². The van der Waals surface area contributed by atoms with Gasteiger partial charge in [0, 0.05) is 41.9 Å². The first kappa shape index (κ1) is 28.0. The van der Waals surface area contributed by atoms with E-state index in [9.17, 15) is 14.6 Å². The lowest BCUT2D eigenvalue weighted by Gasteiger charge is -2.52. The third-order valence-corrected chi connectivity index (χ3v) is 7.49. The van der Waals surface area contributed by atoms with Crippen molar-refractivity contribution in [1.29, 1.82) is 5.41 Å². The molecule has 2 heterocycles. The molecule has 1 aromatic carbocycles. The van der Waals surface area contributed by atoms with Crippen LogP contribution < -0.4 is 15.0 Å². The van der Waals surface area contributed by atoms with E-state index >= 15 is 0 Å². The van der Waals surface area contributed by atoms with Gasteiger partial charge in [-0.2, -0.15) is 0 Å². The van der Waals surface area contributed by atoms with E-state index in [2.05, 4.69) is 10.2 Å². The summed E-state index contributed by atoms with van der Waals surface area (Å²) in [6.07, 6.45) is 2.97. The van der Waals surface area contributed by atoms with Crippen molar-refractivity contribution in [3.05, 3.63) is 52.1 Å². The molecule has 1 aliphatic carbocycles. The minimum atomic E-state index is -0.675. The van der Waals surface area contributed by atoms with Gasteiger partial charge < -0.3 is 30.6 Å². The van der Waals surface area contributed by atoms with E-state index in [1.165, 1.54) is 6.92 Å². The Morgan fingerprint density at radius 1 is 1.32 bits per heavy atom. The van der Waals surface area contributed by atoms with E-state index in [1.54, 1.807) is 38.2 Å². The number of likely N-dealkylation sites (N-methyl/N-ethyl adjacent to an activating group) is 1. The smallest absolute Gasteiger partial charge is 0.163 e. The van der Waals surface area contributed by atoms with Crippen LogP contribution in [0.2, 0.25) is 5.02 Å². The molecule has 204 valence electrons. The highest BCUT2D eigenvalue weighted by Crippen LogP contribution is 2.46. The molecule has 1 aromatic heterocycles. The Morgan fingerprint density at radius 2 is 2.05 bits per heavy atom. The van der Waals surface area contributed by atoms with Crippen LogP contribution >= 0.6 is 11.6 Å². The number of rotatable bonds is 9. The number of allylic oxidation sites excluding steroid dienone is 4. The molecule has 1 atom stereocenters. The van der Waals surface area contributed by atoms with Crippen LogP contribution in [0.15, 0.2) is 35.9 Å². The van der Waals surface area contributed by atoms with Crippen molar-refractivity contribution in [3.63, 3.8) is 0 Å². The highest BCUT2D eigenvalue weighted by atomic mass is 35.5. The van der Waals surface area contributed by atoms with Gasteiger partial charge in [0.1, 0.15) is 30.0 Å². The van der Waals surface area contributed by atoms with Gasteiger partial charge in [0.15, 0.2) is 5.82 Å². The number of benzene rings is 1. The SMILES string of the molecule is CNC[C@@H](O)COc1ccc(Cl)c(-c2nc(/C(C(C)=N)=C(\C)O)c(C)c(N3CC4(CC=C(F)CC4)C3)n2)c1. The summed E-state index contributed by atoms with van der Waals surface area (Å²) in [6, 6.07) is 5.13. The van der Waals surface area contributed by atoms with Crippen LogP contribution in [0.3, 0.4) is 0 Å². The van der Waals surface area contributed by atoms with E-state index in [0.29, 0.717) is 58.6 Å². The third-order valence-electron chi connectivity index (χ3n) is 7.16. The summed E-state index contributed by atoms with van der Waals surface area (Å²) in [5.41, 5.74) is 2.28. The minimum Gasteiger partial charge on any atom is -0.512 e. The lowest BCUT2D eigenvalue weighted by atomic mass is 9.70. The summed E-state index contributed by atoms with van der Waals surface area (Å²) in [5, 5.41) is 32.1. The predicted molar refractivity (Wildman–Crippen MR) is 149 cm³/mol. The van der Waals surface area contributed by atoms with Crippen molar-refractivity contribution >= 4 is 28.7 Å². The molecule has 2 aromatic rings. The second-order valence-electron chi connectivity index (χ2n) is 10.3. The molecule has 38 heavy (non-hydrogen) atoms. The van der Waals surface area contributed by atoms with E-state index in [0.717, 1.165) is 25.1 Å². The van der Waals surface area contributed by atoms with Crippen molar-refractivity contribution in [3.8, 4) is 17.1 Å². The molecule has 8 nitrogen and oxygen atoms in total. The molecule has 0 unspecified atom stereocenters. The molecular weight excluding hydrogens is 509 g/mol. The van der Waals surface area contributed by atoms with Gasteiger partial charge >= 0.3 is 0 Å². The van der Waals surface area contributed by atoms with Crippen LogP contribution in [0.25, 0.3) is 17.0 Å². The normalized spacial score (nSPS) is 18.0. The first-order valence-corrected chi connectivity index (χ1v) is 13.1. The van der Waals surface area contributed by atoms with Crippen LogP contribution in [-0.4, -0.2) is 65.3 Å². The fourth-order valence-corrected chi connectivity index (χ4v) is 5.37. The Labute approximate surface area is 227 Å². The lowest BCUT2D eigenvalue weighted by molar-refractivity contribution is 0.108. The average Bonchev–Trinajstić information content (AvgIpc) is 2.84. The fourth-order valence-electron chi connectivity index (χ4n) is 5.17. The average molecular weight is 544 g/mol.